The van der Waals surface area contributed by atoms with Gasteiger partial charge in [-0.05, 0) is 42.5 Å². The van der Waals surface area contributed by atoms with Gasteiger partial charge in [0.05, 0.1) is 11.3 Å². The molecule has 1 atom stereocenters. The smallest absolute Gasteiger partial charge is 0.420 e. The fourth-order valence-corrected chi connectivity index (χ4v) is 3.88. The molecule has 0 saturated carbocycles. The minimum absolute atomic E-state index is 0.0280. The van der Waals surface area contributed by atoms with E-state index in [0.717, 1.165) is 28.8 Å². The van der Waals surface area contributed by atoms with Gasteiger partial charge >= 0.3 is 11.7 Å². The highest BCUT2D eigenvalue weighted by molar-refractivity contribution is 8.15. The van der Waals surface area contributed by atoms with Crippen LogP contribution in [0.15, 0.2) is 53.5 Å². The summed E-state index contributed by atoms with van der Waals surface area (Å²) in [5, 5.41) is 1.68. The van der Waals surface area contributed by atoms with E-state index in [2.05, 4.69) is 15.0 Å². The highest BCUT2D eigenvalue weighted by atomic mass is 35.5. The summed E-state index contributed by atoms with van der Waals surface area (Å²) >= 11 is 5.60. The topological polar surface area (TPSA) is 71.0 Å². The van der Waals surface area contributed by atoms with Crippen LogP contribution in [0.5, 0.6) is 5.75 Å². The number of nitrogens with zero attached hydrogens (tertiary/aromatic N) is 2. The third kappa shape index (κ3) is 6.81. The Morgan fingerprint density at radius 2 is 1.85 bits per heavy atom. The molecule has 1 N–H and O–H groups in total. The van der Waals surface area contributed by atoms with Gasteiger partial charge in [0.25, 0.3) is 0 Å². The van der Waals surface area contributed by atoms with Crippen molar-refractivity contribution in [1.29, 1.82) is 0 Å². The van der Waals surface area contributed by atoms with E-state index in [1.807, 2.05) is 0 Å². The molecule has 13 heteroatoms. The zero-order chi connectivity index (χ0) is 24.4. The van der Waals surface area contributed by atoms with E-state index in [1.54, 1.807) is 0 Å². The number of nitrogens with one attached hydrogen (secondary N) is 1. The molecule has 1 heterocycles. The van der Waals surface area contributed by atoms with E-state index in [-0.39, 0.29) is 28.7 Å². The second-order valence-electron chi connectivity index (χ2n) is 6.77. The molecule has 0 aliphatic carbocycles. The lowest BCUT2D eigenvalue weighted by Gasteiger charge is -2.28. The maximum absolute atomic E-state index is 12.9. The molecule has 1 aliphatic rings. The first-order valence-corrected chi connectivity index (χ1v) is 10.4. The fraction of sp³-hybridized carbons (Fsp3) is 0.250. The molecule has 2 aromatic rings. The van der Waals surface area contributed by atoms with E-state index in [9.17, 15) is 31.5 Å². The number of rotatable bonds is 5. The van der Waals surface area contributed by atoms with Crippen molar-refractivity contribution in [2.75, 3.05) is 12.4 Å². The van der Waals surface area contributed by atoms with Crippen LogP contribution >= 0.6 is 23.4 Å². The first-order valence-electron chi connectivity index (χ1n) is 9.18. The molecule has 1 saturated heterocycles. The second-order valence-corrected chi connectivity index (χ2v) is 8.38. The first-order chi connectivity index (χ1) is 15.3. The SMILES string of the molecule is CN1C(=O)C[C@@H](C(=O)Nc2ccc(OC(F)(F)Cl)cc2)SC1=Nc1cccc(C(F)(F)F)c1. The summed E-state index contributed by atoms with van der Waals surface area (Å²) in [5.74, 6) is -1.25. The summed E-state index contributed by atoms with van der Waals surface area (Å²) in [6, 6.07) is 9.20. The van der Waals surface area contributed by atoms with Crippen molar-refractivity contribution >= 4 is 51.7 Å². The molecule has 2 aromatic carbocycles. The number of hydrogen-bond acceptors (Lipinski definition) is 5. The lowest BCUT2D eigenvalue weighted by Crippen LogP contribution is -2.43. The number of thioether (sulfide) groups is 1. The average molecular weight is 508 g/mol. The Bertz CT molecular complexity index is 1070. The normalized spacial score (nSPS) is 18.4. The van der Waals surface area contributed by atoms with Crippen molar-refractivity contribution in [1.82, 2.24) is 4.90 Å². The number of carbonyl (C=O) groups is 2. The van der Waals surface area contributed by atoms with Gasteiger partial charge in [0.2, 0.25) is 11.8 Å². The number of alkyl halides is 6. The Hall–Kier alpha value is -2.86. The standard InChI is InChI=1S/C20H15ClF5N3O3S/c1-29-16(30)10-15(17(31)27-12-5-7-14(8-6-12)32-20(21,25)26)33-18(29)28-13-4-2-3-11(9-13)19(22,23)24/h2-9,15H,10H2,1H3,(H,27,31)/t15-/m0/s1. The predicted molar refractivity (Wildman–Crippen MR) is 114 cm³/mol. The molecule has 0 unspecified atom stereocenters. The number of ether oxygens (including phenoxy) is 1. The Morgan fingerprint density at radius 3 is 2.45 bits per heavy atom. The van der Waals surface area contributed by atoms with Crippen molar-refractivity contribution in [3.05, 3.63) is 54.1 Å². The predicted octanol–water partition coefficient (Wildman–Crippen LogP) is 5.46. The Labute approximate surface area is 193 Å². The molecule has 0 spiro atoms. The van der Waals surface area contributed by atoms with Gasteiger partial charge in [-0.25, -0.2) is 4.99 Å². The zero-order valence-corrected chi connectivity index (χ0v) is 18.3. The van der Waals surface area contributed by atoms with E-state index in [0.29, 0.717) is 0 Å². The molecule has 2 amide bonds. The van der Waals surface area contributed by atoms with Crippen LogP contribution in [0.3, 0.4) is 0 Å². The minimum Gasteiger partial charge on any atom is -0.420 e. The maximum Gasteiger partial charge on any atom is 0.487 e. The summed E-state index contributed by atoms with van der Waals surface area (Å²) in [6.45, 7) is 0. The zero-order valence-electron chi connectivity index (χ0n) is 16.7. The average Bonchev–Trinajstić information content (AvgIpc) is 2.71. The largest absolute Gasteiger partial charge is 0.487 e. The number of hydrogen-bond donors (Lipinski definition) is 1. The van der Waals surface area contributed by atoms with Crippen molar-refractivity contribution in [3.63, 3.8) is 0 Å². The highest BCUT2D eigenvalue weighted by Gasteiger charge is 2.35. The molecule has 0 aromatic heterocycles. The van der Waals surface area contributed by atoms with E-state index in [1.165, 1.54) is 43.4 Å². The summed E-state index contributed by atoms with van der Waals surface area (Å²) in [7, 11) is 1.40. The van der Waals surface area contributed by atoms with Crippen LogP contribution in [0.4, 0.5) is 33.3 Å². The number of benzene rings is 2. The van der Waals surface area contributed by atoms with Crippen LogP contribution < -0.4 is 10.1 Å². The van der Waals surface area contributed by atoms with E-state index >= 15 is 0 Å². The second kappa shape index (κ2) is 9.56. The molecule has 1 fully saturated rings. The summed E-state index contributed by atoms with van der Waals surface area (Å²) in [5.41, 5.74) is -4.56. The molecule has 3 rings (SSSR count). The highest BCUT2D eigenvalue weighted by Crippen LogP contribution is 2.33. The quantitative estimate of drug-likeness (QED) is 0.431. The van der Waals surface area contributed by atoms with Crippen molar-refractivity contribution in [2.24, 2.45) is 4.99 Å². The van der Waals surface area contributed by atoms with Crippen LogP contribution in [0.2, 0.25) is 0 Å². The molecule has 176 valence electrons. The number of halogens is 6. The number of amidine groups is 1. The van der Waals surface area contributed by atoms with Gasteiger partial charge in [-0.1, -0.05) is 17.8 Å². The van der Waals surface area contributed by atoms with Gasteiger partial charge < -0.3 is 10.1 Å². The number of amides is 2. The molecule has 1 aliphatic heterocycles. The maximum atomic E-state index is 12.9. The molecule has 0 bridgehead atoms. The van der Waals surface area contributed by atoms with Crippen LogP contribution in [-0.2, 0) is 15.8 Å². The monoisotopic (exact) mass is 507 g/mol. The number of carbonyl (C=O) groups excluding carboxylic acids is 2. The van der Waals surface area contributed by atoms with Crippen LogP contribution in [0, 0.1) is 0 Å². The fourth-order valence-electron chi connectivity index (χ4n) is 2.72. The van der Waals surface area contributed by atoms with Gasteiger partial charge in [-0.3, -0.25) is 14.5 Å². The lowest BCUT2D eigenvalue weighted by molar-refractivity contribution is -0.137. The number of aliphatic imine (C=N–C) groups is 1. The van der Waals surface area contributed by atoms with Gasteiger partial charge in [0, 0.05) is 30.8 Å². The number of anilines is 1. The molecule has 6 nitrogen and oxygen atoms in total. The Balaban J connectivity index is 1.74. The molecule has 33 heavy (non-hydrogen) atoms. The lowest BCUT2D eigenvalue weighted by atomic mass is 10.2. The van der Waals surface area contributed by atoms with E-state index < -0.39 is 34.4 Å². The minimum atomic E-state index is -4.56. The summed E-state index contributed by atoms with van der Waals surface area (Å²) in [6.07, 6.45) is -4.73. The molecular weight excluding hydrogens is 493 g/mol. The van der Waals surface area contributed by atoms with Gasteiger partial charge in [0.15, 0.2) is 5.17 Å². The van der Waals surface area contributed by atoms with Crippen molar-refractivity contribution < 1.29 is 36.3 Å². The molecular formula is C20H15ClF5N3O3S. The van der Waals surface area contributed by atoms with Crippen molar-refractivity contribution in [2.45, 2.75) is 23.4 Å². The van der Waals surface area contributed by atoms with E-state index in [4.69, 9.17) is 11.6 Å². The first kappa shape index (κ1) is 24.8. The van der Waals surface area contributed by atoms with Crippen LogP contribution in [-0.4, -0.2) is 39.7 Å². The van der Waals surface area contributed by atoms with Crippen LogP contribution in [0.1, 0.15) is 12.0 Å². The van der Waals surface area contributed by atoms with Crippen LogP contribution in [0.25, 0.3) is 0 Å². The summed E-state index contributed by atoms with van der Waals surface area (Å²) in [4.78, 5) is 30.2. The third-order valence-corrected chi connectivity index (χ3v) is 5.63. The van der Waals surface area contributed by atoms with Gasteiger partial charge in [-0.2, -0.15) is 13.2 Å². The van der Waals surface area contributed by atoms with Gasteiger partial charge in [-0.15, -0.1) is 8.78 Å². The summed E-state index contributed by atoms with van der Waals surface area (Å²) < 4.78 is 68.4. The van der Waals surface area contributed by atoms with Gasteiger partial charge in [0.1, 0.15) is 11.0 Å². The third-order valence-electron chi connectivity index (χ3n) is 4.31. The van der Waals surface area contributed by atoms with Crippen molar-refractivity contribution in [3.8, 4) is 5.75 Å². The molecule has 0 radical (unpaired) electrons. The Kier molecular flexibility index (Phi) is 7.17. The Morgan fingerprint density at radius 1 is 1.18 bits per heavy atom.